The Hall–Kier alpha value is -1.29. The van der Waals surface area contributed by atoms with Crippen molar-refractivity contribution in [2.45, 2.75) is 31.1 Å². The molecule has 0 radical (unpaired) electrons. The highest BCUT2D eigenvalue weighted by Gasteiger charge is 2.24. The topological polar surface area (TPSA) is 42.4 Å². The molecule has 1 unspecified atom stereocenters. The molecular weight excluding hydrogens is 264 g/mol. The lowest BCUT2D eigenvalue weighted by atomic mass is 10.2. The van der Waals surface area contributed by atoms with Crippen LogP contribution in [0.4, 0.5) is 0 Å². The average molecular weight is 283 g/mol. The smallest absolute Gasteiger partial charge is 0.245 e. The van der Waals surface area contributed by atoms with Crippen LogP contribution >= 0.6 is 11.6 Å². The van der Waals surface area contributed by atoms with Crippen molar-refractivity contribution < 1.29 is 9.53 Å². The van der Waals surface area contributed by atoms with Crippen molar-refractivity contribution in [1.29, 1.82) is 0 Å². The number of hydrogen-bond acceptors (Lipinski definition) is 3. The zero-order chi connectivity index (χ0) is 13.7. The summed E-state index contributed by atoms with van der Waals surface area (Å²) < 4.78 is 4.99. The Morgan fingerprint density at radius 3 is 2.53 bits per heavy atom. The molecule has 1 atom stereocenters. The van der Waals surface area contributed by atoms with Gasteiger partial charge in [0.05, 0.1) is 7.11 Å². The third-order valence-corrected chi connectivity index (χ3v) is 3.83. The first kappa shape index (κ1) is 14.1. The number of nitrogens with zero attached hydrogens (tertiary/aromatic N) is 2. The summed E-state index contributed by atoms with van der Waals surface area (Å²) in [7, 11) is 1.56. The van der Waals surface area contributed by atoms with Gasteiger partial charge in [-0.15, -0.1) is 11.6 Å². The number of carbonyl (C=O) groups excluding carboxylic acids is 1. The zero-order valence-corrected chi connectivity index (χ0v) is 11.9. The lowest BCUT2D eigenvalue weighted by molar-refractivity contribution is -0.130. The van der Waals surface area contributed by atoms with Gasteiger partial charge in [-0.2, -0.15) is 0 Å². The Balaban J connectivity index is 2.04. The number of halogens is 1. The van der Waals surface area contributed by atoms with Crippen LogP contribution in [0.25, 0.3) is 0 Å². The second-order valence-corrected chi connectivity index (χ2v) is 5.17. The molecule has 1 fully saturated rings. The fourth-order valence-electron chi connectivity index (χ4n) is 2.26. The number of carbonyl (C=O) groups is 1. The molecule has 4 nitrogen and oxygen atoms in total. The van der Waals surface area contributed by atoms with Gasteiger partial charge in [0.2, 0.25) is 11.8 Å². The van der Waals surface area contributed by atoms with Gasteiger partial charge in [-0.3, -0.25) is 4.79 Å². The normalized spacial score (nSPS) is 17.7. The number of hydrogen-bond donors (Lipinski definition) is 0. The van der Waals surface area contributed by atoms with Gasteiger partial charge < -0.3 is 9.64 Å². The molecule has 1 amide bonds. The van der Waals surface area contributed by atoms with E-state index in [1.54, 1.807) is 25.4 Å². The quantitative estimate of drug-likeness (QED) is 0.801. The highest BCUT2D eigenvalue weighted by atomic mass is 35.5. The third-order valence-electron chi connectivity index (χ3n) is 3.40. The predicted octanol–water partition coefficient (Wildman–Crippen LogP) is 2.77. The molecule has 0 saturated carbocycles. The lowest BCUT2D eigenvalue weighted by Crippen LogP contribution is -2.34. The van der Waals surface area contributed by atoms with E-state index in [2.05, 4.69) is 4.98 Å². The minimum atomic E-state index is -0.656. The van der Waals surface area contributed by atoms with Crippen LogP contribution in [0.5, 0.6) is 5.88 Å². The van der Waals surface area contributed by atoms with E-state index in [1.807, 2.05) is 4.90 Å². The van der Waals surface area contributed by atoms with Crippen LogP contribution < -0.4 is 4.74 Å². The lowest BCUT2D eigenvalue weighted by Gasteiger charge is -2.23. The van der Waals surface area contributed by atoms with Gasteiger partial charge in [0.25, 0.3) is 0 Å². The number of amides is 1. The molecule has 0 N–H and O–H groups in total. The summed E-state index contributed by atoms with van der Waals surface area (Å²) in [4.78, 5) is 18.3. The van der Waals surface area contributed by atoms with Crippen molar-refractivity contribution in [3.63, 3.8) is 0 Å². The van der Waals surface area contributed by atoms with Gasteiger partial charge in [0, 0.05) is 25.4 Å². The van der Waals surface area contributed by atoms with Crippen molar-refractivity contribution in [2.75, 3.05) is 20.2 Å². The van der Waals surface area contributed by atoms with Crippen molar-refractivity contribution in [3.8, 4) is 5.88 Å². The minimum absolute atomic E-state index is 0.0180. The monoisotopic (exact) mass is 282 g/mol. The van der Waals surface area contributed by atoms with E-state index in [9.17, 15) is 4.79 Å². The molecule has 5 heteroatoms. The van der Waals surface area contributed by atoms with Crippen molar-refractivity contribution in [2.24, 2.45) is 0 Å². The van der Waals surface area contributed by atoms with Crippen LogP contribution in [0.3, 0.4) is 0 Å². The van der Waals surface area contributed by atoms with Crippen molar-refractivity contribution >= 4 is 17.5 Å². The first-order valence-corrected chi connectivity index (χ1v) is 7.09. The Labute approximate surface area is 118 Å². The molecule has 1 aromatic heterocycles. The van der Waals surface area contributed by atoms with Crippen molar-refractivity contribution in [1.82, 2.24) is 9.88 Å². The Morgan fingerprint density at radius 2 is 2.00 bits per heavy atom. The van der Waals surface area contributed by atoms with Crippen molar-refractivity contribution in [3.05, 3.63) is 23.9 Å². The maximum absolute atomic E-state index is 12.3. The number of likely N-dealkylation sites (tertiary alicyclic amines) is 1. The number of rotatable bonds is 3. The van der Waals surface area contributed by atoms with E-state index in [4.69, 9.17) is 16.3 Å². The summed E-state index contributed by atoms with van der Waals surface area (Å²) in [5.74, 6) is 0.505. The van der Waals surface area contributed by atoms with E-state index in [0.29, 0.717) is 5.88 Å². The average Bonchev–Trinajstić information content (AvgIpc) is 2.75. The summed E-state index contributed by atoms with van der Waals surface area (Å²) in [6.45, 7) is 1.62. The molecule has 0 spiro atoms. The van der Waals surface area contributed by atoms with Gasteiger partial charge in [-0.05, 0) is 18.4 Å². The molecule has 1 aliphatic heterocycles. The molecular formula is C14H19ClN2O2. The number of pyridine rings is 1. The minimum Gasteiger partial charge on any atom is -0.481 e. The molecule has 1 aromatic rings. The number of ether oxygens (including phenoxy) is 1. The highest BCUT2D eigenvalue weighted by Crippen LogP contribution is 2.25. The molecule has 2 rings (SSSR count). The summed E-state index contributed by atoms with van der Waals surface area (Å²) in [5, 5.41) is -0.656. The van der Waals surface area contributed by atoms with Gasteiger partial charge in [0.1, 0.15) is 5.38 Å². The summed E-state index contributed by atoms with van der Waals surface area (Å²) in [6.07, 6.45) is 6.13. The van der Waals surface area contributed by atoms with Gasteiger partial charge in [0.15, 0.2) is 0 Å². The van der Waals surface area contributed by atoms with Gasteiger partial charge >= 0.3 is 0 Å². The molecule has 0 aliphatic carbocycles. The van der Waals surface area contributed by atoms with Crippen LogP contribution in [-0.2, 0) is 4.79 Å². The second kappa shape index (κ2) is 6.75. The van der Waals surface area contributed by atoms with Crippen LogP contribution in [0.2, 0.25) is 0 Å². The van der Waals surface area contributed by atoms with Gasteiger partial charge in [-0.25, -0.2) is 4.98 Å². The molecule has 1 saturated heterocycles. The maximum atomic E-state index is 12.3. The van der Waals surface area contributed by atoms with E-state index in [-0.39, 0.29) is 5.91 Å². The SMILES string of the molecule is COc1ccc(C(Cl)C(=O)N2CCCCCC2)cn1. The molecule has 0 bridgehead atoms. The maximum Gasteiger partial charge on any atom is 0.245 e. The summed E-state index contributed by atoms with van der Waals surface area (Å²) in [6, 6.07) is 3.51. The van der Waals surface area contributed by atoms with E-state index < -0.39 is 5.38 Å². The summed E-state index contributed by atoms with van der Waals surface area (Å²) >= 11 is 6.27. The van der Waals surface area contributed by atoms with Crippen LogP contribution in [0.15, 0.2) is 18.3 Å². The standard InChI is InChI=1S/C14H19ClN2O2/c1-19-12-7-6-11(10-16-12)13(15)14(18)17-8-4-2-3-5-9-17/h6-7,10,13H,2-5,8-9H2,1H3. The molecule has 2 heterocycles. The second-order valence-electron chi connectivity index (χ2n) is 4.74. The number of alkyl halides is 1. The molecule has 19 heavy (non-hydrogen) atoms. The number of methoxy groups -OCH3 is 1. The van der Waals surface area contributed by atoms with Gasteiger partial charge in [-0.1, -0.05) is 18.9 Å². The predicted molar refractivity (Wildman–Crippen MR) is 74.4 cm³/mol. The van der Waals surface area contributed by atoms with Crippen LogP contribution in [0, 0.1) is 0 Å². The largest absolute Gasteiger partial charge is 0.481 e. The Morgan fingerprint density at radius 1 is 1.32 bits per heavy atom. The molecule has 104 valence electrons. The Kier molecular flexibility index (Phi) is 5.02. The molecule has 1 aliphatic rings. The van der Waals surface area contributed by atoms with Crippen LogP contribution in [-0.4, -0.2) is 36.0 Å². The zero-order valence-electron chi connectivity index (χ0n) is 11.1. The fourth-order valence-corrected chi connectivity index (χ4v) is 2.52. The fraction of sp³-hybridized carbons (Fsp3) is 0.571. The van der Waals surface area contributed by atoms with Crippen LogP contribution in [0.1, 0.15) is 36.6 Å². The third kappa shape index (κ3) is 3.60. The highest BCUT2D eigenvalue weighted by molar-refractivity contribution is 6.30. The van der Waals surface area contributed by atoms with E-state index >= 15 is 0 Å². The molecule has 0 aromatic carbocycles. The first-order chi connectivity index (χ1) is 9.22. The first-order valence-electron chi connectivity index (χ1n) is 6.65. The van der Waals surface area contributed by atoms with E-state index in [0.717, 1.165) is 31.5 Å². The Bertz CT molecular complexity index is 414. The van der Waals surface area contributed by atoms with E-state index in [1.165, 1.54) is 12.8 Å². The number of aromatic nitrogens is 1. The summed E-state index contributed by atoms with van der Waals surface area (Å²) in [5.41, 5.74) is 0.719.